The lowest BCUT2D eigenvalue weighted by Gasteiger charge is -2.25. The fourth-order valence-corrected chi connectivity index (χ4v) is 4.15. The van der Waals surface area contributed by atoms with Gasteiger partial charge in [0, 0.05) is 18.9 Å². The standard InChI is InChI=1S/C19H31NO5/c1-2-3-8-11-23-20-12-14-13(9-6-4-5-7-10-15(21)22)16-18-19(25-18)17(14)24-16/h4,6,13-14,16-20H,2-3,5,7-12H2,1H3,(H,21,22)/t13-,14+,16+,17-,18-,19+/m0/s1. The molecule has 6 atom stereocenters. The van der Waals surface area contributed by atoms with Gasteiger partial charge in [0.1, 0.15) is 12.2 Å². The molecule has 3 heterocycles. The minimum absolute atomic E-state index is 0.201. The molecule has 6 heteroatoms. The van der Waals surface area contributed by atoms with Crippen molar-refractivity contribution in [3.8, 4) is 0 Å². The van der Waals surface area contributed by atoms with Crippen molar-refractivity contribution in [3.63, 3.8) is 0 Å². The van der Waals surface area contributed by atoms with Crippen LogP contribution < -0.4 is 5.48 Å². The van der Waals surface area contributed by atoms with Crippen molar-refractivity contribution in [2.45, 2.75) is 76.3 Å². The Morgan fingerprint density at radius 1 is 1.08 bits per heavy atom. The summed E-state index contributed by atoms with van der Waals surface area (Å²) in [7, 11) is 0. The highest BCUT2D eigenvalue weighted by Gasteiger charge is 2.68. The van der Waals surface area contributed by atoms with Gasteiger partial charge in [-0.2, -0.15) is 0 Å². The molecule has 3 aliphatic rings. The molecule has 3 fully saturated rings. The summed E-state index contributed by atoms with van der Waals surface area (Å²) in [6.45, 7) is 3.75. The summed E-state index contributed by atoms with van der Waals surface area (Å²) in [5.41, 5.74) is 3.14. The lowest BCUT2D eigenvalue weighted by Crippen LogP contribution is -2.39. The molecular formula is C19H31NO5. The van der Waals surface area contributed by atoms with Crippen molar-refractivity contribution in [3.05, 3.63) is 12.2 Å². The van der Waals surface area contributed by atoms with Crippen LogP contribution in [-0.4, -0.2) is 48.6 Å². The Bertz CT molecular complexity index is 469. The van der Waals surface area contributed by atoms with E-state index in [4.69, 9.17) is 19.4 Å². The van der Waals surface area contributed by atoms with E-state index in [9.17, 15) is 4.79 Å². The molecule has 0 aromatic heterocycles. The number of ether oxygens (including phenoxy) is 2. The van der Waals surface area contributed by atoms with Crippen molar-refractivity contribution < 1.29 is 24.2 Å². The van der Waals surface area contributed by atoms with E-state index in [0.717, 1.165) is 32.4 Å². The Hall–Kier alpha value is -0.950. The first-order chi connectivity index (χ1) is 12.2. The Morgan fingerprint density at radius 2 is 1.84 bits per heavy atom. The van der Waals surface area contributed by atoms with Crippen molar-refractivity contribution in [2.24, 2.45) is 11.8 Å². The van der Waals surface area contributed by atoms with Gasteiger partial charge in [0.2, 0.25) is 0 Å². The number of allylic oxidation sites excluding steroid dienone is 2. The lowest BCUT2D eigenvalue weighted by molar-refractivity contribution is -0.137. The number of hydrogen-bond acceptors (Lipinski definition) is 5. The van der Waals surface area contributed by atoms with Crippen LogP contribution in [0.25, 0.3) is 0 Å². The zero-order valence-corrected chi connectivity index (χ0v) is 15.1. The van der Waals surface area contributed by atoms with Gasteiger partial charge in [0.25, 0.3) is 0 Å². The van der Waals surface area contributed by atoms with Gasteiger partial charge in [-0.05, 0) is 31.6 Å². The SMILES string of the molecule is CCCCCONC[C@@H]1[C@H](CC=CCCCC(=O)O)[C@H]2O[C@@H]1[C@H]1O[C@H]12. The second kappa shape index (κ2) is 9.12. The summed E-state index contributed by atoms with van der Waals surface area (Å²) < 4.78 is 11.9. The third kappa shape index (κ3) is 4.82. The van der Waals surface area contributed by atoms with E-state index in [1.165, 1.54) is 12.8 Å². The summed E-state index contributed by atoms with van der Waals surface area (Å²) in [4.78, 5) is 16.1. The summed E-state index contributed by atoms with van der Waals surface area (Å²) in [5.74, 6) is 0.150. The molecular weight excluding hydrogens is 322 g/mol. The smallest absolute Gasteiger partial charge is 0.303 e. The number of unbranched alkanes of at least 4 members (excludes halogenated alkanes) is 3. The number of hydroxylamine groups is 1. The minimum atomic E-state index is -0.725. The number of aliphatic carboxylic acids is 1. The first kappa shape index (κ1) is 18.8. The molecule has 0 spiro atoms. The second-order valence-corrected chi connectivity index (χ2v) is 7.36. The quantitative estimate of drug-likeness (QED) is 0.229. The molecule has 0 aliphatic carbocycles. The van der Waals surface area contributed by atoms with Crippen LogP contribution in [0.1, 0.15) is 51.9 Å². The highest BCUT2D eigenvalue weighted by molar-refractivity contribution is 5.66. The predicted molar refractivity (Wildman–Crippen MR) is 93.0 cm³/mol. The largest absolute Gasteiger partial charge is 0.481 e. The third-order valence-corrected chi connectivity index (χ3v) is 5.52. The molecule has 6 nitrogen and oxygen atoms in total. The summed E-state index contributed by atoms with van der Waals surface area (Å²) in [6, 6.07) is 0. The van der Waals surface area contributed by atoms with Gasteiger partial charge in [-0.25, -0.2) is 5.48 Å². The number of hydrogen-bond donors (Lipinski definition) is 2. The third-order valence-electron chi connectivity index (χ3n) is 5.52. The van der Waals surface area contributed by atoms with Crippen LogP contribution in [0.2, 0.25) is 0 Å². The fourth-order valence-electron chi connectivity index (χ4n) is 4.15. The van der Waals surface area contributed by atoms with Crippen molar-refractivity contribution >= 4 is 5.97 Å². The molecule has 0 radical (unpaired) electrons. The van der Waals surface area contributed by atoms with Gasteiger partial charge in [0.05, 0.1) is 18.8 Å². The molecule has 0 aromatic rings. The van der Waals surface area contributed by atoms with Gasteiger partial charge in [0.15, 0.2) is 0 Å². The van der Waals surface area contributed by atoms with E-state index in [1.807, 2.05) is 0 Å². The van der Waals surface area contributed by atoms with Crippen molar-refractivity contribution in [1.82, 2.24) is 5.48 Å². The van der Waals surface area contributed by atoms with Gasteiger partial charge >= 0.3 is 5.97 Å². The number of nitrogens with one attached hydrogen (secondary N) is 1. The molecule has 3 aliphatic heterocycles. The minimum Gasteiger partial charge on any atom is -0.481 e. The highest BCUT2D eigenvalue weighted by atomic mass is 16.7. The Morgan fingerprint density at radius 3 is 2.60 bits per heavy atom. The van der Waals surface area contributed by atoms with Gasteiger partial charge < -0.3 is 19.4 Å². The average molecular weight is 353 g/mol. The maximum Gasteiger partial charge on any atom is 0.303 e. The Kier molecular flexibility index (Phi) is 6.87. The number of epoxide rings is 1. The normalized spacial score (nSPS) is 35.4. The summed E-state index contributed by atoms with van der Waals surface area (Å²) in [5, 5.41) is 8.66. The highest BCUT2D eigenvalue weighted by Crippen LogP contribution is 2.54. The Balaban J connectivity index is 1.39. The van der Waals surface area contributed by atoms with E-state index in [2.05, 4.69) is 24.6 Å². The zero-order chi connectivity index (χ0) is 17.6. The van der Waals surface area contributed by atoms with Gasteiger partial charge in [-0.3, -0.25) is 4.79 Å². The molecule has 25 heavy (non-hydrogen) atoms. The van der Waals surface area contributed by atoms with E-state index in [1.54, 1.807) is 0 Å². The molecule has 3 rings (SSSR count). The van der Waals surface area contributed by atoms with E-state index in [-0.39, 0.29) is 18.6 Å². The topological polar surface area (TPSA) is 80.3 Å². The number of fused-ring (bicyclic) bond motifs is 5. The molecule has 2 N–H and O–H groups in total. The molecule has 0 aromatic carbocycles. The van der Waals surface area contributed by atoms with Crippen LogP contribution >= 0.6 is 0 Å². The Labute approximate surface area is 149 Å². The molecule has 3 saturated heterocycles. The second-order valence-electron chi connectivity index (χ2n) is 7.36. The lowest BCUT2D eigenvalue weighted by atomic mass is 9.77. The van der Waals surface area contributed by atoms with Crippen LogP contribution in [0.5, 0.6) is 0 Å². The molecule has 2 bridgehead atoms. The van der Waals surface area contributed by atoms with E-state index in [0.29, 0.717) is 30.5 Å². The van der Waals surface area contributed by atoms with Crippen LogP contribution in [0, 0.1) is 11.8 Å². The monoisotopic (exact) mass is 353 g/mol. The number of carboxylic acids is 1. The zero-order valence-electron chi connectivity index (χ0n) is 15.1. The molecule has 0 amide bonds. The molecule has 0 saturated carbocycles. The summed E-state index contributed by atoms with van der Waals surface area (Å²) in [6.07, 6.45) is 11.5. The first-order valence-electron chi connectivity index (χ1n) is 9.74. The van der Waals surface area contributed by atoms with Crippen molar-refractivity contribution in [1.29, 1.82) is 0 Å². The number of carbonyl (C=O) groups is 1. The predicted octanol–water partition coefficient (Wildman–Crippen LogP) is 2.68. The maximum atomic E-state index is 10.5. The molecule has 142 valence electrons. The van der Waals surface area contributed by atoms with Gasteiger partial charge in [-0.15, -0.1) is 0 Å². The van der Waals surface area contributed by atoms with E-state index >= 15 is 0 Å². The summed E-state index contributed by atoms with van der Waals surface area (Å²) >= 11 is 0. The van der Waals surface area contributed by atoms with Crippen molar-refractivity contribution in [2.75, 3.05) is 13.2 Å². The number of rotatable bonds is 13. The van der Waals surface area contributed by atoms with Crippen LogP contribution in [0.3, 0.4) is 0 Å². The van der Waals surface area contributed by atoms with Crippen LogP contribution in [0.15, 0.2) is 12.2 Å². The first-order valence-corrected chi connectivity index (χ1v) is 9.74. The van der Waals surface area contributed by atoms with Crippen LogP contribution in [-0.2, 0) is 19.1 Å². The fraction of sp³-hybridized carbons (Fsp3) is 0.842. The van der Waals surface area contributed by atoms with Crippen LogP contribution in [0.4, 0.5) is 0 Å². The molecule has 0 unspecified atom stereocenters. The number of carboxylic acid groups (broad SMARTS) is 1. The van der Waals surface area contributed by atoms with E-state index < -0.39 is 5.97 Å². The van der Waals surface area contributed by atoms with Gasteiger partial charge in [-0.1, -0.05) is 31.9 Å². The maximum absolute atomic E-state index is 10.5. The average Bonchev–Trinajstić information content (AvgIpc) is 3.22.